The first kappa shape index (κ1) is 16.7. The number of H-pyrrole nitrogens is 1. The Labute approximate surface area is 144 Å². The number of carbonyl (C=O) groups excluding carboxylic acids is 1. The fraction of sp³-hybridized carbons (Fsp3) is 0.400. The van der Waals surface area contributed by atoms with Gasteiger partial charge in [0.05, 0.1) is 23.7 Å². The molecule has 0 saturated heterocycles. The van der Waals surface area contributed by atoms with Gasteiger partial charge in [0, 0.05) is 43.5 Å². The number of halogens is 1. The molecule has 0 bridgehead atoms. The lowest BCUT2D eigenvalue weighted by Crippen LogP contribution is -2.49. The van der Waals surface area contributed by atoms with E-state index in [0.29, 0.717) is 41.7 Å². The number of rotatable bonds is 4. The Hall–Kier alpha value is -2.16. The van der Waals surface area contributed by atoms with Gasteiger partial charge in [0.2, 0.25) is 11.8 Å². The number of amides is 1. The van der Waals surface area contributed by atoms with Crippen molar-refractivity contribution in [2.45, 2.75) is 19.0 Å². The Kier molecular flexibility index (Phi) is 4.70. The molecule has 8 nitrogen and oxygen atoms in total. The maximum atomic E-state index is 12.3. The topological polar surface area (TPSA) is 123 Å². The summed E-state index contributed by atoms with van der Waals surface area (Å²) in [6.45, 7) is 1.10. The number of hydrogen-bond acceptors (Lipinski definition) is 6. The molecule has 0 spiro atoms. The van der Waals surface area contributed by atoms with E-state index in [1.807, 2.05) is 0 Å². The number of carbonyl (C=O) groups is 1. The van der Waals surface area contributed by atoms with E-state index in [-0.39, 0.29) is 12.5 Å². The Morgan fingerprint density at radius 1 is 1.58 bits per heavy atom. The van der Waals surface area contributed by atoms with Crippen molar-refractivity contribution in [1.29, 1.82) is 0 Å². The maximum absolute atomic E-state index is 12.3. The van der Waals surface area contributed by atoms with Gasteiger partial charge in [-0.25, -0.2) is 4.98 Å². The molecule has 9 heteroatoms. The highest BCUT2D eigenvalue weighted by Crippen LogP contribution is 2.34. The van der Waals surface area contributed by atoms with Crippen LogP contribution in [-0.4, -0.2) is 52.2 Å². The van der Waals surface area contributed by atoms with Crippen LogP contribution in [0.5, 0.6) is 5.88 Å². The van der Waals surface area contributed by atoms with E-state index in [1.165, 1.54) is 13.3 Å². The van der Waals surface area contributed by atoms with E-state index in [0.717, 1.165) is 11.3 Å². The van der Waals surface area contributed by atoms with E-state index in [2.05, 4.69) is 15.2 Å². The lowest BCUT2D eigenvalue weighted by Gasteiger charge is -2.29. The zero-order chi connectivity index (χ0) is 17.3. The highest BCUT2D eigenvalue weighted by Gasteiger charge is 2.29. The standard InChI is InChI=1S/C15H19ClN6O2/c1-24-14-9(4-8(16)6-19-14)13-10-7-22(15(23)11(18)5-17)3-2-12(10)20-21-13/h4,6,11H,2-3,5,7,17-18H2,1H3,(H,20,21)/t11-/m0/s1. The Bertz CT molecular complexity index is 762. The molecule has 3 heterocycles. The average Bonchev–Trinajstić information content (AvgIpc) is 3.03. The second-order valence-electron chi connectivity index (χ2n) is 5.59. The molecular formula is C15H19ClN6O2. The number of nitrogens with one attached hydrogen (secondary N) is 1. The fourth-order valence-electron chi connectivity index (χ4n) is 2.80. The molecule has 1 aliphatic rings. The highest BCUT2D eigenvalue weighted by atomic mass is 35.5. The number of aromatic amines is 1. The molecule has 1 aliphatic heterocycles. The van der Waals surface area contributed by atoms with E-state index >= 15 is 0 Å². The number of fused-ring (bicyclic) bond motifs is 1. The lowest BCUT2D eigenvalue weighted by atomic mass is 10.0. The Morgan fingerprint density at radius 2 is 2.38 bits per heavy atom. The van der Waals surface area contributed by atoms with E-state index < -0.39 is 6.04 Å². The monoisotopic (exact) mass is 350 g/mol. The molecule has 128 valence electrons. The van der Waals surface area contributed by atoms with Crippen molar-refractivity contribution in [2.24, 2.45) is 11.5 Å². The van der Waals surface area contributed by atoms with Gasteiger partial charge in [0.15, 0.2) is 0 Å². The second-order valence-corrected chi connectivity index (χ2v) is 6.03. The van der Waals surface area contributed by atoms with Crippen molar-refractivity contribution in [1.82, 2.24) is 20.1 Å². The Balaban J connectivity index is 1.97. The number of ether oxygens (including phenoxy) is 1. The first-order valence-electron chi connectivity index (χ1n) is 7.55. The number of nitrogens with zero attached hydrogens (tertiary/aromatic N) is 3. The van der Waals surface area contributed by atoms with Gasteiger partial charge in [-0.05, 0) is 6.07 Å². The van der Waals surface area contributed by atoms with Crippen LogP contribution >= 0.6 is 11.6 Å². The van der Waals surface area contributed by atoms with Crippen molar-refractivity contribution in [3.63, 3.8) is 0 Å². The molecule has 24 heavy (non-hydrogen) atoms. The van der Waals surface area contributed by atoms with Gasteiger partial charge in [0.1, 0.15) is 5.69 Å². The summed E-state index contributed by atoms with van der Waals surface area (Å²) in [5.41, 5.74) is 14.5. The summed E-state index contributed by atoms with van der Waals surface area (Å²) in [5.74, 6) is 0.266. The normalized spacial score (nSPS) is 15.1. The third kappa shape index (κ3) is 2.95. The van der Waals surface area contributed by atoms with Crippen LogP contribution in [0.15, 0.2) is 12.3 Å². The molecule has 2 aromatic heterocycles. The molecule has 1 amide bonds. The smallest absolute Gasteiger partial charge is 0.241 e. The predicted octanol–water partition coefficient (Wildman–Crippen LogP) is 0.304. The minimum atomic E-state index is -0.690. The van der Waals surface area contributed by atoms with Crippen LogP contribution < -0.4 is 16.2 Å². The minimum absolute atomic E-state index is 0.118. The number of nitrogens with two attached hydrogens (primary N) is 2. The van der Waals surface area contributed by atoms with Gasteiger partial charge in [0.25, 0.3) is 0 Å². The van der Waals surface area contributed by atoms with Gasteiger partial charge in [-0.1, -0.05) is 11.6 Å². The molecular weight excluding hydrogens is 332 g/mol. The second kappa shape index (κ2) is 6.76. The number of hydrogen-bond donors (Lipinski definition) is 3. The van der Waals surface area contributed by atoms with Crippen LogP contribution in [0, 0.1) is 0 Å². The molecule has 0 fully saturated rings. The van der Waals surface area contributed by atoms with Gasteiger partial charge in [-0.15, -0.1) is 0 Å². The summed E-state index contributed by atoms with van der Waals surface area (Å²) in [4.78, 5) is 18.2. The van der Waals surface area contributed by atoms with Crippen molar-refractivity contribution in [3.05, 3.63) is 28.5 Å². The molecule has 0 unspecified atom stereocenters. The molecule has 0 radical (unpaired) electrons. The molecule has 3 rings (SSSR count). The van der Waals surface area contributed by atoms with Crippen LogP contribution in [0.1, 0.15) is 11.3 Å². The molecule has 1 atom stereocenters. The van der Waals surface area contributed by atoms with E-state index in [4.69, 9.17) is 27.8 Å². The van der Waals surface area contributed by atoms with Crippen LogP contribution in [0.4, 0.5) is 0 Å². The van der Waals surface area contributed by atoms with Crippen molar-refractivity contribution < 1.29 is 9.53 Å². The molecule has 0 saturated carbocycles. The Morgan fingerprint density at radius 3 is 3.08 bits per heavy atom. The van der Waals surface area contributed by atoms with Gasteiger partial charge in [-0.3, -0.25) is 9.89 Å². The molecule has 0 aromatic carbocycles. The summed E-state index contributed by atoms with van der Waals surface area (Å²) in [7, 11) is 1.54. The number of methoxy groups -OCH3 is 1. The molecule has 2 aromatic rings. The van der Waals surface area contributed by atoms with Crippen LogP contribution in [0.3, 0.4) is 0 Å². The number of pyridine rings is 1. The van der Waals surface area contributed by atoms with Crippen LogP contribution in [0.2, 0.25) is 5.02 Å². The van der Waals surface area contributed by atoms with E-state index in [1.54, 1.807) is 11.0 Å². The summed E-state index contributed by atoms with van der Waals surface area (Å²) in [5, 5.41) is 7.89. The predicted molar refractivity (Wildman–Crippen MR) is 89.5 cm³/mol. The third-order valence-electron chi connectivity index (χ3n) is 4.08. The minimum Gasteiger partial charge on any atom is -0.481 e. The zero-order valence-corrected chi connectivity index (χ0v) is 14.0. The summed E-state index contributed by atoms with van der Waals surface area (Å²) in [6.07, 6.45) is 2.18. The van der Waals surface area contributed by atoms with Crippen LogP contribution in [0.25, 0.3) is 11.3 Å². The molecule has 0 aliphatic carbocycles. The van der Waals surface area contributed by atoms with Crippen molar-refractivity contribution in [3.8, 4) is 17.1 Å². The summed E-state index contributed by atoms with van der Waals surface area (Å²) < 4.78 is 5.30. The summed E-state index contributed by atoms with van der Waals surface area (Å²) >= 11 is 6.06. The lowest BCUT2D eigenvalue weighted by molar-refractivity contribution is -0.133. The van der Waals surface area contributed by atoms with Gasteiger partial charge >= 0.3 is 0 Å². The SMILES string of the molecule is COc1ncc(Cl)cc1-c1n[nH]c2c1CN(C(=O)[C@@H](N)CN)CC2. The first-order valence-corrected chi connectivity index (χ1v) is 7.93. The van der Waals surface area contributed by atoms with Crippen molar-refractivity contribution in [2.75, 3.05) is 20.2 Å². The molecule has 5 N–H and O–H groups in total. The zero-order valence-electron chi connectivity index (χ0n) is 13.3. The number of aromatic nitrogens is 3. The fourth-order valence-corrected chi connectivity index (χ4v) is 2.96. The van der Waals surface area contributed by atoms with E-state index in [9.17, 15) is 4.79 Å². The van der Waals surface area contributed by atoms with Crippen LogP contribution in [-0.2, 0) is 17.8 Å². The van der Waals surface area contributed by atoms with Crippen molar-refractivity contribution >= 4 is 17.5 Å². The average molecular weight is 351 g/mol. The summed E-state index contributed by atoms with van der Waals surface area (Å²) in [6, 6.07) is 1.06. The van der Waals surface area contributed by atoms with Gasteiger partial charge in [-0.2, -0.15) is 5.10 Å². The third-order valence-corrected chi connectivity index (χ3v) is 4.29. The first-order chi connectivity index (χ1) is 11.5. The maximum Gasteiger partial charge on any atom is 0.241 e. The largest absolute Gasteiger partial charge is 0.481 e. The highest BCUT2D eigenvalue weighted by molar-refractivity contribution is 6.30. The quantitative estimate of drug-likeness (QED) is 0.729. The van der Waals surface area contributed by atoms with Gasteiger partial charge < -0.3 is 21.1 Å².